The monoisotopic (exact) mass is 294 g/mol. The van der Waals surface area contributed by atoms with Crippen molar-refractivity contribution in [3.8, 4) is 6.07 Å². The minimum atomic E-state index is -0.340. The molecule has 0 saturated heterocycles. The van der Waals surface area contributed by atoms with Crippen molar-refractivity contribution in [3.63, 3.8) is 0 Å². The van der Waals surface area contributed by atoms with E-state index < -0.39 is 0 Å². The molecule has 108 valence electrons. The molecular weight excluding hydrogens is 275 g/mol. The number of nitriles is 1. The molecular formula is C14H19FN4S. The van der Waals surface area contributed by atoms with Crippen molar-refractivity contribution in [2.24, 2.45) is 4.99 Å². The third-order valence-corrected chi connectivity index (χ3v) is 3.14. The summed E-state index contributed by atoms with van der Waals surface area (Å²) in [6.45, 7) is 3.72. The molecule has 0 aromatic heterocycles. The Kier molecular flexibility index (Phi) is 7.51. The number of hydrogen-bond donors (Lipinski definition) is 2. The number of hydrogen-bond acceptors (Lipinski definition) is 3. The molecule has 0 aliphatic rings. The van der Waals surface area contributed by atoms with Gasteiger partial charge >= 0.3 is 0 Å². The highest BCUT2D eigenvalue weighted by atomic mass is 32.2. The Hall–Kier alpha value is -1.74. The van der Waals surface area contributed by atoms with Gasteiger partial charge in [-0.25, -0.2) is 9.38 Å². The van der Waals surface area contributed by atoms with Crippen LogP contribution in [0.3, 0.4) is 0 Å². The lowest BCUT2D eigenvalue weighted by Gasteiger charge is -2.10. The minimum Gasteiger partial charge on any atom is -0.357 e. The first-order valence-corrected chi connectivity index (χ1v) is 7.80. The SMILES string of the molecule is CCNC(=NCc1cc(C#N)ccc1F)NCCSC. The topological polar surface area (TPSA) is 60.2 Å². The van der Waals surface area contributed by atoms with Gasteiger partial charge in [0.1, 0.15) is 5.82 Å². The van der Waals surface area contributed by atoms with E-state index in [1.54, 1.807) is 11.8 Å². The lowest BCUT2D eigenvalue weighted by molar-refractivity contribution is 0.610. The molecule has 6 heteroatoms. The normalized spacial score (nSPS) is 11.0. The van der Waals surface area contributed by atoms with Crippen LogP contribution in [-0.2, 0) is 6.54 Å². The molecule has 0 aliphatic heterocycles. The second-order valence-electron chi connectivity index (χ2n) is 4.03. The van der Waals surface area contributed by atoms with E-state index in [2.05, 4.69) is 15.6 Å². The average Bonchev–Trinajstić information content (AvgIpc) is 2.46. The molecule has 0 fully saturated rings. The maximum Gasteiger partial charge on any atom is 0.191 e. The van der Waals surface area contributed by atoms with Crippen molar-refractivity contribution in [1.29, 1.82) is 5.26 Å². The summed E-state index contributed by atoms with van der Waals surface area (Å²) >= 11 is 1.74. The third kappa shape index (κ3) is 5.49. The van der Waals surface area contributed by atoms with Gasteiger partial charge in [0.25, 0.3) is 0 Å². The van der Waals surface area contributed by atoms with Gasteiger partial charge in [0.15, 0.2) is 5.96 Å². The summed E-state index contributed by atoms with van der Waals surface area (Å²) in [5.41, 5.74) is 0.864. The molecule has 4 nitrogen and oxygen atoms in total. The van der Waals surface area contributed by atoms with Crippen LogP contribution < -0.4 is 10.6 Å². The first kappa shape index (κ1) is 16.3. The van der Waals surface area contributed by atoms with Gasteiger partial charge in [-0.15, -0.1) is 0 Å². The second-order valence-corrected chi connectivity index (χ2v) is 5.02. The van der Waals surface area contributed by atoms with Gasteiger partial charge < -0.3 is 10.6 Å². The predicted molar refractivity (Wildman–Crippen MR) is 82.3 cm³/mol. The number of benzene rings is 1. The van der Waals surface area contributed by atoms with Gasteiger partial charge in [-0.1, -0.05) is 0 Å². The second kappa shape index (κ2) is 9.21. The fraction of sp³-hybridized carbons (Fsp3) is 0.429. The van der Waals surface area contributed by atoms with Crippen LogP contribution in [0.5, 0.6) is 0 Å². The number of halogens is 1. The van der Waals surface area contributed by atoms with E-state index in [9.17, 15) is 4.39 Å². The molecule has 0 bridgehead atoms. The predicted octanol–water partition coefficient (Wildman–Crippen LogP) is 2.12. The molecule has 0 unspecified atom stereocenters. The first-order chi connectivity index (χ1) is 9.71. The van der Waals surface area contributed by atoms with Crippen molar-refractivity contribution in [2.75, 3.05) is 25.1 Å². The van der Waals surface area contributed by atoms with Crippen LogP contribution in [-0.4, -0.2) is 31.1 Å². The lowest BCUT2D eigenvalue weighted by atomic mass is 10.1. The van der Waals surface area contributed by atoms with E-state index >= 15 is 0 Å². The molecule has 1 aromatic carbocycles. The number of aliphatic imine (C=N–C) groups is 1. The number of guanidine groups is 1. The van der Waals surface area contributed by atoms with Crippen LogP contribution in [0.1, 0.15) is 18.1 Å². The summed E-state index contributed by atoms with van der Waals surface area (Å²) in [5.74, 6) is 1.29. The first-order valence-electron chi connectivity index (χ1n) is 6.41. The smallest absolute Gasteiger partial charge is 0.191 e. The van der Waals surface area contributed by atoms with Crippen molar-refractivity contribution in [1.82, 2.24) is 10.6 Å². The summed E-state index contributed by atoms with van der Waals surface area (Å²) in [6, 6.07) is 6.30. The van der Waals surface area contributed by atoms with Gasteiger partial charge in [-0.2, -0.15) is 17.0 Å². The molecule has 0 atom stereocenters. The van der Waals surface area contributed by atoms with Crippen LogP contribution >= 0.6 is 11.8 Å². The van der Waals surface area contributed by atoms with Crippen LogP contribution in [0.15, 0.2) is 23.2 Å². The van der Waals surface area contributed by atoms with Crippen LogP contribution in [0.25, 0.3) is 0 Å². The molecule has 0 heterocycles. The van der Waals surface area contributed by atoms with Gasteiger partial charge in [0, 0.05) is 24.4 Å². The van der Waals surface area contributed by atoms with Gasteiger partial charge in [-0.05, 0) is 31.4 Å². The standard InChI is InChI=1S/C14H19FN4S/c1-3-17-14(18-6-7-20-2)19-10-12-8-11(9-16)4-5-13(12)15/h4-5,8H,3,6-7,10H2,1-2H3,(H2,17,18,19). The van der Waals surface area contributed by atoms with Crippen molar-refractivity contribution >= 4 is 17.7 Å². The zero-order valence-corrected chi connectivity index (χ0v) is 12.6. The maximum absolute atomic E-state index is 13.6. The van der Waals surface area contributed by atoms with Crippen molar-refractivity contribution in [2.45, 2.75) is 13.5 Å². The molecule has 0 radical (unpaired) electrons. The summed E-state index contributed by atoms with van der Waals surface area (Å²) < 4.78 is 13.6. The highest BCUT2D eigenvalue weighted by Crippen LogP contribution is 2.11. The van der Waals surface area contributed by atoms with E-state index in [0.717, 1.165) is 18.8 Å². The van der Waals surface area contributed by atoms with E-state index in [4.69, 9.17) is 5.26 Å². The largest absolute Gasteiger partial charge is 0.357 e. The number of thioether (sulfide) groups is 1. The van der Waals surface area contributed by atoms with E-state index in [-0.39, 0.29) is 12.4 Å². The summed E-state index contributed by atoms with van der Waals surface area (Å²) in [7, 11) is 0. The third-order valence-electron chi connectivity index (χ3n) is 2.53. The maximum atomic E-state index is 13.6. The Labute approximate surface area is 123 Å². The van der Waals surface area contributed by atoms with Crippen LogP contribution in [0.4, 0.5) is 4.39 Å². The Balaban J connectivity index is 2.73. The number of rotatable bonds is 6. The van der Waals surface area contributed by atoms with Crippen LogP contribution in [0.2, 0.25) is 0 Å². The zero-order chi connectivity index (χ0) is 14.8. The molecule has 1 aromatic rings. The summed E-state index contributed by atoms with van der Waals surface area (Å²) in [5, 5.41) is 15.1. The highest BCUT2D eigenvalue weighted by Gasteiger charge is 2.04. The average molecular weight is 294 g/mol. The molecule has 0 aliphatic carbocycles. The van der Waals surface area contributed by atoms with Crippen molar-refractivity contribution < 1.29 is 4.39 Å². The number of nitrogens with one attached hydrogen (secondary N) is 2. The fourth-order valence-electron chi connectivity index (χ4n) is 1.54. The van der Waals surface area contributed by atoms with E-state index in [1.165, 1.54) is 18.2 Å². The van der Waals surface area contributed by atoms with Crippen LogP contribution in [0, 0.1) is 17.1 Å². The fourth-order valence-corrected chi connectivity index (χ4v) is 1.85. The lowest BCUT2D eigenvalue weighted by Crippen LogP contribution is -2.38. The Morgan fingerprint density at radius 1 is 1.45 bits per heavy atom. The zero-order valence-electron chi connectivity index (χ0n) is 11.7. The van der Waals surface area contributed by atoms with Gasteiger partial charge in [0.05, 0.1) is 18.2 Å². The Bertz CT molecular complexity index is 496. The number of nitrogens with zero attached hydrogens (tertiary/aromatic N) is 2. The Morgan fingerprint density at radius 2 is 2.25 bits per heavy atom. The van der Waals surface area contributed by atoms with E-state index in [1.807, 2.05) is 19.2 Å². The molecule has 2 N–H and O–H groups in total. The Morgan fingerprint density at radius 3 is 2.90 bits per heavy atom. The molecule has 0 amide bonds. The molecule has 0 spiro atoms. The quantitative estimate of drug-likeness (QED) is 0.479. The van der Waals surface area contributed by atoms with Gasteiger partial charge in [-0.3, -0.25) is 0 Å². The summed E-state index contributed by atoms with van der Waals surface area (Å²) in [6.07, 6.45) is 2.04. The molecule has 0 saturated carbocycles. The molecule has 20 heavy (non-hydrogen) atoms. The van der Waals surface area contributed by atoms with Gasteiger partial charge in [0.2, 0.25) is 0 Å². The molecule has 1 rings (SSSR count). The van der Waals surface area contributed by atoms with E-state index in [0.29, 0.717) is 17.1 Å². The summed E-state index contributed by atoms with van der Waals surface area (Å²) in [4.78, 5) is 4.33. The van der Waals surface area contributed by atoms with Crippen molar-refractivity contribution in [3.05, 3.63) is 35.1 Å². The highest BCUT2D eigenvalue weighted by molar-refractivity contribution is 7.98. The minimum absolute atomic E-state index is 0.204.